The first-order valence-corrected chi connectivity index (χ1v) is 8.58. The Balaban J connectivity index is 1.73. The summed E-state index contributed by atoms with van der Waals surface area (Å²) >= 11 is 8.61. The van der Waals surface area contributed by atoms with Gasteiger partial charge in [0, 0.05) is 17.1 Å². The Labute approximate surface area is 158 Å². The zero-order valence-corrected chi connectivity index (χ0v) is 15.6. The number of benzene rings is 2. The number of nitrogens with zero attached hydrogens (tertiary/aromatic N) is 1. The van der Waals surface area contributed by atoms with Gasteiger partial charge < -0.3 is 10.1 Å². The first-order valence-electron chi connectivity index (χ1n) is 7.38. The molecule has 0 aliphatic heterocycles. The summed E-state index contributed by atoms with van der Waals surface area (Å²) in [4.78, 5) is 16.7. The van der Waals surface area contributed by atoms with E-state index in [0.29, 0.717) is 15.8 Å². The number of halogens is 1. The van der Waals surface area contributed by atoms with Crippen LogP contribution in [0.3, 0.4) is 0 Å². The van der Waals surface area contributed by atoms with Crippen LogP contribution in [0.1, 0.15) is 10.4 Å². The molecule has 1 amide bonds. The van der Waals surface area contributed by atoms with Gasteiger partial charge in [-0.25, -0.2) is 0 Å². The van der Waals surface area contributed by atoms with E-state index in [2.05, 4.69) is 31.5 Å². The number of fused-ring (bicyclic) bond motifs is 1. The predicted octanol–water partition coefficient (Wildman–Crippen LogP) is 4.13. The molecule has 2 aromatic carbocycles. The number of thiocarbonyl (C=S) groups is 1. The van der Waals surface area contributed by atoms with E-state index in [0.717, 1.165) is 16.6 Å². The van der Waals surface area contributed by atoms with Gasteiger partial charge in [0.1, 0.15) is 5.75 Å². The Hall–Kier alpha value is -2.51. The van der Waals surface area contributed by atoms with Gasteiger partial charge in [0.05, 0.1) is 22.8 Å². The summed E-state index contributed by atoms with van der Waals surface area (Å²) in [5.74, 6) is 0.341. The molecule has 0 aliphatic carbocycles. The average Bonchev–Trinajstić information content (AvgIpc) is 2.62. The fourth-order valence-electron chi connectivity index (χ4n) is 2.34. The number of methoxy groups -OCH3 is 1. The van der Waals surface area contributed by atoms with Crippen LogP contribution in [0.2, 0.25) is 0 Å². The van der Waals surface area contributed by atoms with E-state index in [4.69, 9.17) is 17.0 Å². The lowest BCUT2D eigenvalue weighted by Gasteiger charge is -2.12. The summed E-state index contributed by atoms with van der Waals surface area (Å²) in [5.41, 5.74) is 1.99. The molecule has 126 valence electrons. The van der Waals surface area contributed by atoms with Crippen LogP contribution in [0.25, 0.3) is 10.9 Å². The van der Waals surface area contributed by atoms with Gasteiger partial charge in [-0.05, 0) is 58.5 Å². The van der Waals surface area contributed by atoms with Gasteiger partial charge in [-0.3, -0.25) is 15.1 Å². The number of anilines is 1. The van der Waals surface area contributed by atoms with E-state index in [1.807, 2.05) is 30.3 Å². The third-order valence-corrected chi connectivity index (χ3v) is 4.35. The molecule has 0 saturated carbocycles. The summed E-state index contributed by atoms with van der Waals surface area (Å²) in [6.07, 6.45) is 1.71. The van der Waals surface area contributed by atoms with Crippen LogP contribution in [-0.2, 0) is 0 Å². The number of carbonyl (C=O) groups excluding carboxylic acids is 1. The average molecular weight is 416 g/mol. The zero-order valence-electron chi connectivity index (χ0n) is 13.2. The molecule has 1 heterocycles. The molecule has 0 saturated heterocycles. The first kappa shape index (κ1) is 17.3. The number of aromatic nitrogens is 1. The van der Waals surface area contributed by atoms with Crippen molar-refractivity contribution in [2.24, 2.45) is 0 Å². The van der Waals surface area contributed by atoms with Crippen molar-refractivity contribution in [1.82, 2.24) is 10.3 Å². The fraction of sp³-hybridized carbons (Fsp3) is 0.0556. The Morgan fingerprint density at radius 3 is 2.76 bits per heavy atom. The summed E-state index contributed by atoms with van der Waals surface area (Å²) in [6.45, 7) is 0. The number of rotatable bonds is 3. The molecule has 1 aromatic heterocycles. The highest BCUT2D eigenvalue weighted by atomic mass is 79.9. The highest BCUT2D eigenvalue weighted by Gasteiger charge is 2.11. The van der Waals surface area contributed by atoms with Crippen LogP contribution >= 0.6 is 28.1 Å². The molecule has 2 N–H and O–H groups in total. The summed E-state index contributed by atoms with van der Waals surface area (Å²) in [6, 6.07) is 14.6. The molecule has 5 nitrogen and oxygen atoms in total. The van der Waals surface area contributed by atoms with E-state index < -0.39 is 0 Å². The second-order valence-corrected chi connectivity index (χ2v) is 6.40. The van der Waals surface area contributed by atoms with E-state index in [-0.39, 0.29) is 11.0 Å². The Bertz CT molecular complexity index is 957. The van der Waals surface area contributed by atoms with E-state index in [9.17, 15) is 4.79 Å². The smallest absolute Gasteiger partial charge is 0.257 e. The molecule has 0 fully saturated rings. The molecule has 0 radical (unpaired) electrons. The van der Waals surface area contributed by atoms with Crippen LogP contribution in [-0.4, -0.2) is 23.1 Å². The second-order valence-electron chi connectivity index (χ2n) is 5.14. The van der Waals surface area contributed by atoms with Crippen molar-refractivity contribution in [3.8, 4) is 5.75 Å². The molecular formula is C18H14BrN3O2S. The maximum Gasteiger partial charge on any atom is 0.257 e. The Kier molecular flexibility index (Phi) is 5.25. The first-order chi connectivity index (χ1) is 12.1. The molecule has 0 bridgehead atoms. The van der Waals surface area contributed by atoms with Crippen LogP contribution in [0.4, 0.5) is 5.69 Å². The molecule has 3 aromatic rings. The highest BCUT2D eigenvalue weighted by molar-refractivity contribution is 9.10. The second kappa shape index (κ2) is 7.58. The fourth-order valence-corrected chi connectivity index (χ4v) is 3.08. The summed E-state index contributed by atoms with van der Waals surface area (Å²) < 4.78 is 5.85. The van der Waals surface area contributed by atoms with Crippen molar-refractivity contribution in [3.05, 3.63) is 64.8 Å². The normalized spacial score (nSPS) is 10.3. The lowest BCUT2D eigenvalue weighted by molar-refractivity contribution is 0.0977. The van der Waals surface area contributed by atoms with Gasteiger partial charge in [0.2, 0.25) is 0 Å². The third kappa shape index (κ3) is 3.94. The quantitative estimate of drug-likeness (QED) is 0.629. The van der Waals surface area contributed by atoms with E-state index in [1.54, 1.807) is 31.5 Å². The largest absolute Gasteiger partial charge is 0.496 e. The van der Waals surface area contributed by atoms with Gasteiger partial charge in [0.25, 0.3) is 5.91 Å². The number of para-hydroxylation sites is 1. The third-order valence-electron chi connectivity index (χ3n) is 3.52. The lowest BCUT2D eigenvalue weighted by Crippen LogP contribution is -2.34. The van der Waals surface area contributed by atoms with Gasteiger partial charge in [-0.1, -0.05) is 18.2 Å². The molecule has 7 heteroatoms. The van der Waals surface area contributed by atoms with Crippen molar-refractivity contribution < 1.29 is 9.53 Å². The van der Waals surface area contributed by atoms with Crippen molar-refractivity contribution >= 4 is 55.8 Å². The van der Waals surface area contributed by atoms with Gasteiger partial charge in [-0.15, -0.1) is 0 Å². The van der Waals surface area contributed by atoms with Crippen LogP contribution in [0.15, 0.2) is 59.2 Å². The number of carbonyl (C=O) groups is 1. The SMILES string of the molecule is COc1ccc(C(=O)NC(=S)Nc2cccc3cccnc23)cc1Br. The monoisotopic (exact) mass is 415 g/mol. The molecule has 0 aliphatic rings. The van der Waals surface area contributed by atoms with Gasteiger partial charge in [0.15, 0.2) is 5.11 Å². The van der Waals surface area contributed by atoms with Crippen molar-refractivity contribution in [1.29, 1.82) is 0 Å². The van der Waals surface area contributed by atoms with Crippen LogP contribution in [0, 0.1) is 0 Å². The van der Waals surface area contributed by atoms with Crippen molar-refractivity contribution in [3.63, 3.8) is 0 Å². The number of hydrogen-bond donors (Lipinski definition) is 2. The minimum Gasteiger partial charge on any atom is -0.496 e. The number of hydrogen-bond acceptors (Lipinski definition) is 4. The maximum atomic E-state index is 12.3. The summed E-state index contributed by atoms with van der Waals surface area (Å²) in [7, 11) is 1.57. The standard InChI is InChI=1S/C18H14BrN3O2S/c1-24-15-8-7-12(10-13(15)19)17(23)22-18(25)21-14-6-2-4-11-5-3-9-20-16(11)14/h2-10H,1H3,(H2,21,22,23,25). The molecule has 0 atom stereocenters. The highest BCUT2D eigenvalue weighted by Crippen LogP contribution is 2.25. The molecule has 0 spiro atoms. The molecule has 25 heavy (non-hydrogen) atoms. The van der Waals surface area contributed by atoms with Crippen LogP contribution in [0.5, 0.6) is 5.75 Å². The number of amides is 1. The van der Waals surface area contributed by atoms with Crippen molar-refractivity contribution in [2.45, 2.75) is 0 Å². The van der Waals surface area contributed by atoms with Crippen LogP contribution < -0.4 is 15.4 Å². The van der Waals surface area contributed by atoms with Crippen molar-refractivity contribution in [2.75, 3.05) is 12.4 Å². The number of nitrogens with one attached hydrogen (secondary N) is 2. The number of ether oxygens (including phenoxy) is 1. The lowest BCUT2D eigenvalue weighted by atomic mass is 10.2. The van der Waals surface area contributed by atoms with Gasteiger partial charge >= 0.3 is 0 Å². The molecular weight excluding hydrogens is 402 g/mol. The molecule has 0 unspecified atom stereocenters. The zero-order chi connectivity index (χ0) is 17.8. The molecule has 3 rings (SSSR count). The Morgan fingerprint density at radius 2 is 2.00 bits per heavy atom. The maximum absolute atomic E-state index is 12.3. The minimum atomic E-state index is -0.311. The van der Waals surface area contributed by atoms with Gasteiger partial charge in [-0.2, -0.15) is 0 Å². The topological polar surface area (TPSA) is 63.2 Å². The summed E-state index contributed by atoms with van der Waals surface area (Å²) in [5, 5.41) is 6.88. The van der Waals surface area contributed by atoms with E-state index >= 15 is 0 Å². The van der Waals surface area contributed by atoms with E-state index in [1.165, 1.54) is 0 Å². The Morgan fingerprint density at radius 1 is 1.20 bits per heavy atom. The predicted molar refractivity (Wildman–Crippen MR) is 106 cm³/mol. The minimum absolute atomic E-state index is 0.204. The number of pyridine rings is 1.